The van der Waals surface area contributed by atoms with E-state index in [-0.39, 0.29) is 0 Å². The lowest BCUT2D eigenvalue weighted by Gasteiger charge is -2.00. The molecule has 15 heavy (non-hydrogen) atoms. The molecular weight excluding hydrogens is 186 g/mol. The van der Waals surface area contributed by atoms with Gasteiger partial charge in [0.2, 0.25) is 0 Å². The van der Waals surface area contributed by atoms with E-state index in [0.717, 1.165) is 22.2 Å². The maximum atomic E-state index is 4.28. The van der Waals surface area contributed by atoms with Gasteiger partial charge in [-0.05, 0) is 18.2 Å². The summed E-state index contributed by atoms with van der Waals surface area (Å²) >= 11 is 0. The summed E-state index contributed by atoms with van der Waals surface area (Å²) < 4.78 is 0. The largest absolute Gasteiger partial charge is 0.345 e. The molecule has 0 bridgehead atoms. The first kappa shape index (κ1) is 8.17. The quantitative estimate of drug-likeness (QED) is 0.648. The number of fused-ring (bicyclic) bond motifs is 1. The SMILES string of the molecule is c1cnc2ccc(-c3cnc[nH]3)cc2c1. The Hall–Kier alpha value is -2.16. The summed E-state index contributed by atoms with van der Waals surface area (Å²) in [5.41, 5.74) is 3.18. The molecule has 0 amide bonds. The minimum Gasteiger partial charge on any atom is -0.345 e. The summed E-state index contributed by atoms with van der Waals surface area (Å²) in [6, 6.07) is 10.2. The molecule has 3 aromatic rings. The Labute approximate surface area is 86.8 Å². The van der Waals surface area contributed by atoms with E-state index < -0.39 is 0 Å². The molecule has 0 spiro atoms. The number of nitrogens with one attached hydrogen (secondary N) is 1. The summed E-state index contributed by atoms with van der Waals surface area (Å²) in [5, 5.41) is 1.14. The average molecular weight is 195 g/mol. The van der Waals surface area contributed by atoms with Gasteiger partial charge in [-0.15, -0.1) is 0 Å². The van der Waals surface area contributed by atoms with Gasteiger partial charge in [0, 0.05) is 17.1 Å². The predicted molar refractivity (Wildman–Crippen MR) is 59.3 cm³/mol. The minimum absolute atomic E-state index is 1.01. The van der Waals surface area contributed by atoms with Crippen molar-refractivity contribution in [1.29, 1.82) is 0 Å². The molecule has 0 aliphatic heterocycles. The van der Waals surface area contributed by atoms with E-state index >= 15 is 0 Å². The Kier molecular flexibility index (Phi) is 1.75. The van der Waals surface area contributed by atoms with Gasteiger partial charge in [-0.1, -0.05) is 12.1 Å². The molecule has 0 unspecified atom stereocenters. The standard InChI is InChI=1S/C12H9N3/c1-2-9-6-10(12-7-13-8-15-12)3-4-11(9)14-5-1/h1-8H,(H,13,15). The summed E-state index contributed by atoms with van der Waals surface area (Å²) in [6.45, 7) is 0. The number of pyridine rings is 1. The smallest absolute Gasteiger partial charge is 0.0924 e. The first-order chi connectivity index (χ1) is 7.43. The normalized spacial score (nSPS) is 10.7. The van der Waals surface area contributed by atoms with Crippen LogP contribution in [0.15, 0.2) is 49.1 Å². The van der Waals surface area contributed by atoms with Crippen molar-refractivity contribution in [1.82, 2.24) is 15.0 Å². The fourth-order valence-electron chi connectivity index (χ4n) is 1.66. The van der Waals surface area contributed by atoms with Gasteiger partial charge in [0.25, 0.3) is 0 Å². The molecule has 3 heteroatoms. The lowest BCUT2D eigenvalue weighted by Crippen LogP contribution is -1.80. The first-order valence-electron chi connectivity index (χ1n) is 4.77. The second kappa shape index (κ2) is 3.20. The van der Waals surface area contributed by atoms with Gasteiger partial charge in [-0.2, -0.15) is 0 Å². The third kappa shape index (κ3) is 1.38. The number of aromatic nitrogens is 3. The zero-order valence-corrected chi connectivity index (χ0v) is 8.01. The summed E-state index contributed by atoms with van der Waals surface area (Å²) in [5.74, 6) is 0. The zero-order chi connectivity index (χ0) is 10.1. The molecule has 0 saturated heterocycles. The van der Waals surface area contributed by atoms with Gasteiger partial charge in [0.05, 0.1) is 23.7 Å². The fourth-order valence-corrected chi connectivity index (χ4v) is 1.66. The van der Waals surface area contributed by atoms with Crippen molar-refractivity contribution in [2.24, 2.45) is 0 Å². The second-order valence-electron chi connectivity index (χ2n) is 3.38. The highest BCUT2D eigenvalue weighted by molar-refractivity contribution is 5.83. The number of aromatic amines is 1. The first-order valence-corrected chi connectivity index (χ1v) is 4.77. The lowest BCUT2D eigenvalue weighted by atomic mass is 10.1. The number of benzene rings is 1. The monoisotopic (exact) mass is 195 g/mol. The third-order valence-electron chi connectivity index (χ3n) is 2.41. The maximum Gasteiger partial charge on any atom is 0.0924 e. The average Bonchev–Trinajstić information content (AvgIpc) is 2.82. The van der Waals surface area contributed by atoms with Gasteiger partial charge >= 0.3 is 0 Å². The number of hydrogen-bond donors (Lipinski definition) is 1. The van der Waals surface area contributed by atoms with E-state index in [9.17, 15) is 0 Å². The van der Waals surface area contributed by atoms with Crippen molar-refractivity contribution in [2.75, 3.05) is 0 Å². The maximum absolute atomic E-state index is 4.28. The molecule has 0 aliphatic rings. The number of imidazole rings is 1. The molecule has 3 rings (SSSR count). The van der Waals surface area contributed by atoms with Crippen LogP contribution in [0.2, 0.25) is 0 Å². The molecular formula is C12H9N3. The molecule has 2 aromatic heterocycles. The van der Waals surface area contributed by atoms with Crippen LogP contribution in [0, 0.1) is 0 Å². The van der Waals surface area contributed by atoms with Crippen LogP contribution in [0.5, 0.6) is 0 Å². The van der Waals surface area contributed by atoms with Crippen LogP contribution in [0.4, 0.5) is 0 Å². The lowest BCUT2D eigenvalue weighted by molar-refractivity contribution is 1.31. The van der Waals surface area contributed by atoms with Crippen LogP contribution in [-0.4, -0.2) is 15.0 Å². The van der Waals surface area contributed by atoms with Gasteiger partial charge in [-0.25, -0.2) is 4.98 Å². The van der Waals surface area contributed by atoms with Crippen molar-refractivity contribution >= 4 is 10.9 Å². The van der Waals surface area contributed by atoms with Crippen molar-refractivity contribution < 1.29 is 0 Å². The Bertz CT molecular complexity index is 585. The Balaban J connectivity index is 2.22. The molecule has 1 aromatic carbocycles. The third-order valence-corrected chi connectivity index (χ3v) is 2.41. The topological polar surface area (TPSA) is 41.6 Å². The molecule has 3 nitrogen and oxygen atoms in total. The van der Waals surface area contributed by atoms with Crippen LogP contribution in [0.1, 0.15) is 0 Å². The van der Waals surface area contributed by atoms with Crippen LogP contribution in [0.25, 0.3) is 22.2 Å². The van der Waals surface area contributed by atoms with Crippen molar-refractivity contribution in [3.63, 3.8) is 0 Å². The van der Waals surface area contributed by atoms with E-state index in [1.807, 2.05) is 24.4 Å². The highest BCUT2D eigenvalue weighted by Gasteiger charge is 2.00. The predicted octanol–water partition coefficient (Wildman–Crippen LogP) is 2.62. The Morgan fingerprint density at radius 3 is 3.00 bits per heavy atom. The summed E-state index contributed by atoms with van der Waals surface area (Å²) in [6.07, 6.45) is 5.30. The number of nitrogens with zero attached hydrogens (tertiary/aromatic N) is 2. The Morgan fingerprint density at radius 2 is 2.13 bits per heavy atom. The van der Waals surface area contributed by atoms with E-state index in [4.69, 9.17) is 0 Å². The van der Waals surface area contributed by atoms with Gasteiger partial charge in [-0.3, -0.25) is 4.98 Å². The zero-order valence-electron chi connectivity index (χ0n) is 8.01. The van der Waals surface area contributed by atoms with E-state index in [1.54, 1.807) is 12.5 Å². The fraction of sp³-hybridized carbons (Fsp3) is 0. The number of hydrogen-bond acceptors (Lipinski definition) is 2. The highest BCUT2D eigenvalue weighted by atomic mass is 14.9. The summed E-state index contributed by atoms with van der Waals surface area (Å²) in [7, 11) is 0. The molecule has 0 aliphatic carbocycles. The minimum atomic E-state index is 1.01. The van der Waals surface area contributed by atoms with E-state index in [0.29, 0.717) is 0 Å². The molecule has 0 radical (unpaired) electrons. The van der Waals surface area contributed by atoms with Crippen LogP contribution in [0.3, 0.4) is 0 Å². The molecule has 0 fully saturated rings. The molecule has 1 N–H and O–H groups in total. The van der Waals surface area contributed by atoms with Gasteiger partial charge in [0.1, 0.15) is 0 Å². The molecule has 0 saturated carbocycles. The van der Waals surface area contributed by atoms with Crippen LogP contribution < -0.4 is 0 Å². The van der Waals surface area contributed by atoms with E-state index in [2.05, 4.69) is 27.1 Å². The van der Waals surface area contributed by atoms with Crippen LogP contribution >= 0.6 is 0 Å². The molecule has 2 heterocycles. The van der Waals surface area contributed by atoms with Crippen molar-refractivity contribution in [2.45, 2.75) is 0 Å². The molecule has 0 atom stereocenters. The molecule has 72 valence electrons. The van der Waals surface area contributed by atoms with Crippen LogP contribution in [-0.2, 0) is 0 Å². The van der Waals surface area contributed by atoms with Crippen molar-refractivity contribution in [3.05, 3.63) is 49.1 Å². The highest BCUT2D eigenvalue weighted by Crippen LogP contribution is 2.20. The van der Waals surface area contributed by atoms with E-state index in [1.165, 1.54) is 0 Å². The number of rotatable bonds is 1. The summed E-state index contributed by atoms with van der Waals surface area (Å²) in [4.78, 5) is 11.4. The second-order valence-corrected chi connectivity index (χ2v) is 3.38. The van der Waals surface area contributed by atoms with Crippen molar-refractivity contribution in [3.8, 4) is 11.3 Å². The van der Waals surface area contributed by atoms with Gasteiger partial charge < -0.3 is 4.98 Å². The van der Waals surface area contributed by atoms with Gasteiger partial charge in [0.15, 0.2) is 0 Å². The Morgan fingerprint density at radius 1 is 1.13 bits per heavy atom. The number of H-pyrrole nitrogens is 1.